The summed E-state index contributed by atoms with van der Waals surface area (Å²) < 4.78 is 0.884. The van der Waals surface area contributed by atoms with Gasteiger partial charge in [-0.15, -0.1) is 0 Å². The molecule has 6 nitrogen and oxygen atoms in total. The zero-order valence-corrected chi connectivity index (χ0v) is 14.5. The highest BCUT2D eigenvalue weighted by Crippen LogP contribution is 2.30. The second kappa shape index (κ2) is 6.98. The quantitative estimate of drug-likeness (QED) is 0.471. The summed E-state index contributed by atoms with van der Waals surface area (Å²) in [5.74, 6) is -0.327. The van der Waals surface area contributed by atoms with Crippen LogP contribution in [-0.4, -0.2) is 16.0 Å². The summed E-state index contributed by atoms with van der Waals surface area (Å²) in [4.78, 5) is 27.4. The summed E-state index contributed by atoms with van der Waals surface area (Å²) in [6, 6.07) is 13.6. The predicted molar refractivity (Wildman–Crippen MR) is 98.0 cm³/mol. The second-order valence-corrected chi connectivity index (χ2v) is 6.72. The minimum atomic E-state index is -0.472. The normalized spacial score (nSPS) is 17.3. The van der Waals surface area contributed by atoms with Gasteiger partial charge >= 0.3 is 0 Å². The van der Waals surface area contributed by atoms with Crippen molar-refractivity contribution in [3.63, 3.8) is 0 Å². The van der Waals surface area contributed by atoms with Gasteiger partial charge in [-0.2, -0.15) is 0 Å². The average Bonchev–Trinajstić information content (AvgIpc) is 2.87. The van der Waals surface area contributed by atoms with Gasteiger partial charge in [0.05, 0.1) is 21.1 Å². The summed E-state index contributed by atoms with van der Waals surface area (Å²) in [6.07, 6.45) is 1.50. The Balaban J connectivity index is 1.89. The van der Waals surface area contributed by atoms with Gasteiger partial charge in [0.25, 0.3) is 11.6 Å². The number of nitrogens with zero attached hydrogens (tertiary/aromatic N) is 2. The first kappa shape index (κ1) is 16.4. The molecule has 0 radical (unpaired) electrons. The maximum Gasteiger partial charge on any atom is 0.276 e. The molecular weight excluding hydrogens is 394 g/mol. The number of amides is 1. The first-order valence-electron chi connectivity index (χ1n) is 6.81. The van der Waals surface area contributed by atoms with E-state index in [1.807, 2.05) is 24.3 Å². The van der Waals surface area contributed by atoms with Crippen molar-refractivity contribution >= 4 is 56.2 Å². The van der Waals surface area contributed by atoms with Gasteiger partial charge in [-0.25, -0.2) is 4.99 Å². The molecule has 1 fully saturated rings. The van der Waals surface area contributed by atoms with Crippen molar-refractivity contribution in [1.82, 2.24) is 5.32 Å². The van der Waals surface area contributed by atoms with Crippen molar-refractivity contribution in [2.24, 2.45) is 4.99 Å². The number of carbonyl (C=O) groups is 1. The molecule has 2 aromatic carbocycles. The predicted octanol–water partition coefficient (Wildman–Crippen LogP) is 4.25. The summed E-state index contributed by atoms with van der Waals surface area (Å²) in [5.41, 5.74) is 1.03. The average molecular weight is 404 g/mol. The van der Waals surface area contributed by atoms with Gasteiger partial charge in [-0.1, -0.05) is 34.1 Å². The number of nitro groups is 1. The fraction of sp³-hybridized carbons (Fsp3) is 0. The number of rotatable bonds is 3. The van der Waals surface area contributed by atoms with Crippen LogP contribution >= 0.6 is 27.7 Å². The van der Waals surface area contributed by atoms with Crippen LogP contribution < -0.4 is 5.32 Å². The monoisotopic (exact) mass is 403 g/mol. The number of halogens is 1. The summed E-state index contributed by atoms with van der Waals surface area (Å²) in [7, 11) is 0. The lowest BCUT2D eigenvalue weighted by Gasteiger charge is -1.97. The minimum Gasteiger partial charge on any atom is -0.300 e. The number of nitro benzene ring substituents is 1. The Hall–Kier alpha value is -2.45. The van der Waals surface area contributed by atoms with Crippen LogP contribution in [0.3, 0.4) is 0 Å². The molecule has 3 rings (SSSR count). The number of nitrogens with one attached hydrogen (secondary N) is 1. The fourth-order valence-corrected chi connectivity index (χ4v) is 3.28. The van der Waals surface area contributed by atoms with E-state index in [-0.39, 0.29) is 11.6 Å². The van der Waals surface area contributed by atoms with Gasteiger partial charge in [0, 0.05) is 10.5 Å². The van der Waals surface area contributed by atoms with Gasteiger partial charge in [-0.05, 0) is 42.1 Å². The van der Waals surface area contributed by atoms with Gasteiger partial charge in [-0.3, -0.25) is 14.9 Å². The van der Waals surface area contributed by atoms with E-state index >= 15 is 0 Å². The van der Waals surface area contributed by atoms with Crippen molar-refractivity contribution < 1.29 is 9.72 Å². The van der Waals surface area contributed by atoms with Crippen LogP contribution in [0.2, 0.25) is 0 Å². The molecule has 2 aromatic rings. The third kappa shape index (κ3) is 3.72. The van der Waals surface area contributed by atoms with Crippen molar-refractivity contribution in [1.29, 1.82) is 0 Å². The van der Waals surface area contributed by atoms with Crippen molar-refractivity contribution in [3.05, 3.63) is 73.6 Å². The van der Waals surface area contributed by atoms with Crippen LogP contribution in [-0.2, 0) is 4.79 Å². The fourth-order valence-electron chi connectivity index (χ4n) is 2.06. The highest BCUT2D eigenvalue weighted by Gasteiger charge is 2.25. The van der Waals surface area contributed by atoms with E-state index in [2.05, 4.69) is 26.2 Å². The van der Waals surface area contributed by atoms with Gasteiger partial charge in [0.15, 0.2) is 5.17 Å². The lowest BCUT2D eigenvalue weighted by molar-refractivity contribution is -0.385. The molecule has 0 spiro atoms. The number of hydrogen-bond donors (Lipinski definition) is 1. The molecule has 0 aliphatic carbocycles. The molecule has 24 heavy (non-hydrogen) atoms. The molecular formula is C16H10BrN3O3S. The SMILES string of the molecule is O=C1NC(=Nc2cccc(Br)c2)S/C1=C\c1ccccc1[N+](=O)[O-]. The second-order valence-electron chi connectivity index (χ2n) is 4.78. The summed E-state index contributed by atoms with van der Waals surface area (Å²) in [5, 5.41) is 14.1. The molecule has 1 aliphatic rings. The van der Waals surface area contributed by atoms with E-state index in [0.717, 1.165) is 16.2 Å². The highest BCUT2D eigenvalue weighted by atomic mass is 79.9. The van der Waals surface area contributed by atoms with Crippen molar-refractivity contribution in [2.45, 2.75) is 0 Å². The molecule has 1 heterocycles. The lowest BCUT2D eigenvalue weighted by atomic mass is 10.1. The molecule has 1 aliphatic heterocycles. The zero-order valence-electron chi connectivity index (χ0n) is 12.1. The van der Waals surface area contributed by atoms with E-state index in [4.69, 9.17) is 0 Å². The number of aliphatic imine (C=N–C) groups is 1. The van der Waals surface area contributed by atoms with Crippen LogP contribution in [0.15, 0.2) is 62.9 Å². The maximum absolute atomic E-state index is 12.1. The molecule has 0 aromatic heterocycles. The van der Waals surface area contributed by atoms with Crippen LogP contribution in [0.5, 0.6) is 0 Å². The first-order valence-corrected chi connectivity index (χ1v) is 8.42. The number of carbonyl (C=O) groups excluding carboxylic acids is 1. The number of benzene rings is 2. The molecule has 1 N–H and O–H groups in total. The number of thioether (sulfide) groups is 1. The standard InChI is InChI=1S/C16H10BrN3O3S/c17-11-5-3-6-12(9-11)18-16-19-15(21)14(24-16)8-10-4-1-2-7-13(10)20(22)23/h1-9H,(H,18,19,21)/b14-8-. The Morgan fingerprint density at radius 3 is 2.75 bits per heavy atom. The van der Waals surface area contributed by atoms with Gasteiger partial charge < -0.3 is 5.32 Å². The Labute approximate surface area is 150 Å². The van der Waals surface area contributed by atoms with E-state index in [9.17, 15) is 14.9 Å². The first-order chi connectivity index (χ1) is 11.5. The molecule has 0 atom stereocenters. The summed E-state index contributed by atoms with van der Waals surface area (Å²) >= 11 is 4.51. The topological polar surface area (TPSA) is 84.6 Å². The summed E-state index contributed by atoms with van der Waals surface area (Å²) in [6.45, 7) is 0. The Kier molecular flexibility index (Phi) is 4.77. The number of hydrogen-bond acceptors (Lipinski definition) is 5. The van der Waals surface area contributed by atoms with Crippen molar-refractivity contribution in [3.8, 4) is 0 Å². The lowest BCUT2D eigenvalue weighted by Crippen LogP contribution is -2.19. The largest absolute Gasteiger partial charge is 0.300 e. The van der Waals surface area contributed by atoms with Crippen LogP contribution in [0.25, 0.3) is 6.08 Å². The molecule has 1 amide bonds. The molecule has 0 bridgehead atoms. The third-order valence-corrected chi connectivity index (χ3v) is 4.51. The van der Waals surface area contributed by atoms with Crippen LogP contribution in [0, 0.1) is 10.1 Å². The highest BCUT2D eigenvalue weighted by molar-refractivity contribution is 9.10. The van der Waals surface area contributed by atoms with E-state index in [1.165, 1.54) is 12.1 Å². The minimum absolute atomic E-state index is 0.0456. The molecule has 0 saturated carbocycles. The van der Waals surface area contributed by atoms with E-state index in [0.29, 0.717) is 21.3 Å². The smallest absolute Gasteiger partial charge is 0.276 e. The van der Waals surface area contributed by atoms with E-state index in [1.54, 1.807) is 18.2 Å². The zero-order chi connectivity index (χ0) is 17.1. The van der Waals surface area contributed by atoms with Crippen LogP contribution in [0.1, 0.15) is 5.56 Å². The third-order valence-electron chi connectivity index (χ3n) is 3.11. The Bertz CT molecular complexity index is 896. The molecule has 120 valence electrons. The molecule has 0 unspecified atom stereocenters. The van der Waals surface area contributed by atoms with Crippen molar-refractivity contribution in [2.75, 3.05) is 0 Å². The number of para-hydroxylation sites is 1. The van der Waals surface area contributed by atoms with Crippen LogP contribution in [0.4, 0.5) is 11.4 Å². The van der Waals surface area contributed by atoms with E-state index < -0.39 is 4.92 Å². The Morgan fingerprint density at radius 2 is 2.00 bits per heavy atom. The van der Waals surface area contributed by atoms with Gasteiger partial charge in [0.2, 0.25) is 0 Å². The number of amidine groups is 1. The van der Waals surface area contributed by atoms with Gasteiger partial charge in [0.1, 0.15) is 0 Å². The maximum atomic E-state index is 12.1. The Morgan fingerprint density at radius 1 is 1.21 bits per heavy atom. The molecule has 1 saturated heterocycles. The molecule has 8 heteroatoms.